The maximum absolute atomic E-state index is 12.1. The standard InChI is InChI=1S/C13H13ClN2O2S2/c1-7-2-3-10-8(4-7)5-11(19-10)13(17)18-6-9-12(14)20-16-15-9/h5,7H,2-4,6H2,1H3. The van der Waals surface area contributed by atoms with Crippen molar-refractivity contribution in [2.75, 3.05) is 0 Å². The summed E-state index contributed by atoms with van der Waals surface area (Å²) in [7, 11) is 0. The van der Waals surface area contributed by atoms with Crippen LogP contribution in [0.5, 0.6) is 0 Å². The first kappa shape index (κ1) is 14.0. The molecule has 0 amide bonds. The van der Waals surface area contributed by atoms with Crippen LogP contribution in [0.4, 0.5) is 0 Å². The largest absolute Gasteiger partial charge is 0.455 e. The van der Waals surface area contributed by atoms with E-state index in [-0.39, 0.29) is 12.6 Å². The summed E-state index contributed by atoms with van der Waals surface area (Å²) in [5.74, 6) is 0.391. The average molecular weight is 329 g/mol. The molecule has 0 aliphatic heterocycles. The van der Waals surface area contributed by atoms with E-state index < -0.39 is 0 Å². The molecule has 0 fully saturated rings. The summed E-state index contributed by atoms with van der Waals surface area (Å²) in [4.78, 5) is 14.0. The van der Waals surface area contributed by atoms with Gasteiger partial charge < -0.3 is 4.74 Å². The van der Waals surface area contributed by atoms with Crippen molar-refractivity contribution in [3.05, 3.63) is 31.4 Å². The van der Waals surface area contributed by atoms with E-state index in [0.717, 1.165) is 24.4 Å². The summed E-state index contributed by atoms with van der Waals surface area (Å²) < 4.78 is 9.42. The van der Waals surface area contributed by atoms with Crippen LogP contribution in [0, 0.1) is 5.92 Å². The van der Waals surface area contributed by atoms with E-state index in [2.05, 4.69) is 16.5 Å². The molecule has 2 aromatic rings. The molecule has 0 saturated carbocycles. The third-order valence-corrected chi connectivity index (χ3v) is 5.58. The van der Waals surface area contributed by atoms with Crippen molar-refractivity contribution in [2.24, 2.45) is 5.92 Å². The average Bonchev–Trinajstić information content (AvgIpc) is 3.01. The van der Waals surface area contributed by atoms with E-state index in [1.807, 2.05) is 6.07 Å². The van der Waals surface area contributed by atoms with Crippen LogP contribution in [0.2, 0.25) is 4.34 Å². The van der Waals surface area contributed by atoms with Gasteiger partial charge in [-0.05, 0) is 36.8 Å². The van der Waals surface area contributed by atoms with Crippen LogP contribution < -0.4 is 0 Å². The first-order valence-electron chi connectivity index (χ1n) is 6.39. The number of hydrogen-bond donors (Lipinski definition) is 0. The molecule has 1 atom stereocenters. The van der Waals surface area contributed by atoms with Crippen molar-refractivity contribution in [2.45, 2.75) is 32.8 Å². The highest BCUT2D eigenvalue weighted by molar-refractivity contribution is 7.14. The summed E-state index contributed by atoms with van der Waals surface area (Å²) in [5, 5.41) is 3.82. The number of ether oxygens (including phenoxy) is 1. The van der Waals surface area contributed by atoms with Gasteiger partial charge >= 0.3 is 5.97 Å². The number of halogens is 1. The van der Waals surface area contributed by atoms with E-state index >= 15 is 0 Å². The predicted octanol–water partition coefficient (Wildman–Crippen LogP) is 3.73. The molecule has 1 unspecified atom stereocenters. The summed E-state index contributed by atoms with van der Waals surface area (Å²) >= 11 is 8.51. The molecule has 20 heavy (non-hydrogen) atoms. The van der Waals surface area contributed by atoms with Gasteiger partial charge in [0, 0.05) is 16.4 Å². The van der Waals surface area contributed by atoms with Gasteiger partial charge in [0.1, 0.15) is 21.5 Å². The van der Waals surface area contributed by atoms with Crippen LogP contribution >= 0.6 is 34.5 Å². The molecular formula is C13H13ClN2O2S2. The van der Waals surface area contributed by atoms with Gasteiger partial charge in [-0.3, -0.25) is 0 Å². The second-order valence-corrected chi connectivity index (χ2v) is 7.47. The normalized spacial score (nSPS) is 17.8. The lowest BCUT2D eigenvalue weighted by atomic mass is 9.90. The SMILES string of the molecule is CC1CCc2sc(C(=O)OCc3nnsc3Cl)cc2C1. The zero-order valence-corrected chi connectivity index (χ0v) is 13.3. The highest BCUT2D eigenvalue weighted by Gasteiger charge is 2.21. The van der Waals surface area contributed by atoms with E-state index in [0.29, 0.717) is 20.8 Å². The first-order valence-corrected chi connectivity index (χ1v) is 8.35. The lowest BCUT2D eigenvalue weighted by Gasteiger charge is -2.16. The number of fused-ring (bicyclic) bond motifs is 1. The van der Waals surface area contributed by atoms with E-state index in [9.17, 15) is 4.79 Å². The lowest BCUT2D eigenvalue weighted by Crippen LogP contribution is -2.08. The summed E-state index contributed by atoms with van der Waals surface area (Å²) in [6, 6.07) is 1.97. The molecule has 0 bridgehead atoms. The third-order valence-electron chi connectivity index (χ3n) is 3.38. The van der Waals surface area contributed by atoms with Crippen molar-refractivity contribution in [1.82, 2.24) is 9.59 Å². The molecule has 3 rings (SSSR count). The summed E-state index contributed by atoms with van der Waals surface area (Å²) in [6.07, 6.45) is 3.32. The van der Waals surface area contributed by atoms with Gasteiger partial charge in [-0.1, -0.05) is 23.0 Å². The number of rotatable bonds is 3. The predicted molar refractivity (Wildman–Crippen MR) is 79.5 cm³/mol. The molecule has 106 valence electrons. The van der Waals surface area contributed by atoms with Crippen molar-refractivity contribution >= 4 is 40.4 Å². The smallest absolute Gasteiger partial charge is 0.348 e. The summed E-state index contributed by atoms with van der Waals surface area (Å²) in [5.41, 5.74) is 1.81. The Balaban J connectivity index is 1.67. The maximum atomic E-state index is 12.1. The van der Waals surface area contributed by atoms with Crippen LogP contribution in [0.15, 0.2) is 6.07 Å². The molecule has 1 aliphatic carbocycles. The molecule has 0 aromatic carbocycles. The highest BCUT2D eigenvalue weighted by Crippen LogP contribution is 2.32. The molecule has 0 N–H and O–H groups in total. The minimum atomic E-state index is -0.305. The van der Waals surface area contributed by atoms with Crippen LogP contribution in [0.3, 0.4) is 0 Å². The van der Waals surface area contributed by atoms with Crippen molar-refractivity contribution in [3.63, 3.8) is 0 Å². The van der Waals surface area contributed by atoms with Gasteiger partial charge in [0.05, 0.1) is 0 Å². The Labute approximate surface area is 129 Å². The van der Waals surface area contributed by atoms with Gasteiger partial charge in [0.15, 0.2) is 0 Å². The molecule has 1 aliphatic rings. The summed E-state index contributed by atoms with van der Waals surface area (Å²) in [6.45, 7) is 2.32. The minimum Gasteiger partial charge on any atom is -0.455 e. The topological polar surface area (TPSA) is 52.1 Å². The van der Waals surface area contributed by atoms with Crippen molar-refractivity contribution in [1.29, 1.82) is 0 Å². The monoisotopic (exact) mass is 328 g/mol. The molecule has 7 heteroatoms. The third kappa shape index (κ3) is 2.87. The number of thiophene rings is 1. The number of aromatic nitrogens is 2. The second kappa shape index (κ2) is 5.79. The number of esters is 1. The Hall–Kier alpha value is -0.980. The van der Waals surface area contributed by atoms with Crippen LogP contribution in [0.1, 0.15) is 39.2 Å². The van der Waals surface area contributed by atoms with Crippen LogP contribution in [-0.2, 0) is 24.2 Å². The Morgan fingerprint density at radius 3 is 3.20 bits per heavy atom. The second-order valence-electron chi connectivity index (χ2n) is 4.98. The Kier molecular flexibility index (Phi) is 4.05. The van der Waals surface area contributed by atoms with Gasteiger partial charge in [-0.2, -0.15) is 0 Å². The van der Waals surface area contributed by atoms with Gasteiger partial charge in [-0.25, -0.2) is 4.79 Å². The Bertz CT molecular complexity index is 638. The molecule has 0 saturated heterocycles. The van der Waals surface area contributed by atoms with Crippen molar-refractivity contribution in [3.8, 4) is 0 Å². The number of nitrogens with zero attached hydrogens (tertiary/aromatic N) is 2. The number of carbonyl (C=O) groups excluding carboxylic acids is 1. The fourth-order valence-electron chi connectivity index (χ4n) is 2.29. The first-order chi connectivity index (χ1) is 9.63. The molecule has 2 heterocycles. The van der Waals surface area contributed by atoms with Gasteiger partial charge in [0.2, 0.25) is 0 Å². The zero-order chi connectivity index (χ0) is 14.1. The zero-order valence-electron chi connectivity index (χ0n) is 10.9. The number of carbonyl (C=O) groups is 1. The van der Waals surface area contributed by atoms with E-state index in [1.165, 1.54) is 16.9 Å². The van der Waals surface area contributed by atoms with Crippen LogP contribution in [-0.4, -0.2) is 15.6 Å². The minimum absolute atomic E-state index is 0.0765. The van der Waals surface area contributed by atoms with Crippen LogP contribution in [0.25, 0.3) is 0 Å². The van der Waals surface area contributed by atoms with E-state index in [1.54, 1.807) is 11.3 Å². The maximum Gasteiger partial charge on any atom is 0.348 e. The highest BCUT2D eigenvalue weighted by atomic mass is 35.5. The fourth-order valence-corrected chi connectivity index (χ4v) is 4.00. The number of aryl methyl sites for hydroxylation is 1. The van der Waals surface area contributed by atoms with E-state index in [4.69, 9.17) is 16.3 Å². The molecule has 4 nitrogen and oxygen atoms in total. The quantitative estimate of drug-likeness (QED) is 0.805. The molecule has 2 aromatic heterocycles. The lowest BCUT2D eigenvalue weighted by molar-refractivity contribution is 0.0473. The van der Waals surface area contributed by atoms with Gasteiger partial charge in [-0.15, -0.1) is 16.4 Å². The van der Waals surface area contributed by atoms with Crippen molar-refractivity contribution < 1.29 is 9.53 Å². The molecule has 0 spiro atoms. The Morgan fingerprint density at radius 2 is 2.45 bits per heavy atom. The molecular weight excluding hydrogens is 316 g/mol. The molecule has 0 radical (unpaired) electrons. The number of hydrogen-bond acceptors (Lipinski definition) is 6. The van der Waals surface area contributed by atoms with Gasteiger partial charge in [0.25, 0.3) is 0 Å². The fraction of sp³-hybridized carbons (Fsp3) is 0.462. The Morgan fingerprint density at radius 1 is 1.60 bits per heavy atom.